The summed E-state index contributed by atoms with van der Waals surface area (Å²) >= 11 is 0. The molecule has 0 aliphatic carbocycles. The van der Waals surface area contributed by atoms with Crippen molar-refractivity contribution in [3.05, 3.63) is 101 Å². The van der Waals surface area contributed by atoms with E-state index in [9.17, 15) is 9.90 Å². The van der Waals surface area contributed by atoms with Crippen LogP contribution in [0.3, 0.4) is 0 Å². The van der Waals surface area contributed by atoms with Gasteiger partial charge in [0.15, 0.2) is 5.78 Å². The van der Waals surface area contributed by atoms with E-state index in [4.69, 9.17) is 11.6 Å². The smallest absolute Gasteiger partial charge is 0.164 e. The SMILES string of the molecule is CCC(CC)/C(O)=C/C(=O)C(C)(CC)CC.[2H]c1nc2c3c(cc(-c4ccc(CC(C)(C)C)cc4C)cc3c1[2H])Oc1c-2[c-]c2ccc(C([2H])([2H])[2H])cc2c1CC(C)(C)C.[Ir]. The van der Waals surface area contributed by atoms with Crippen LogP contribution in [-0.2, 0) is 37.7 Å². The first-order chi connectivity index (χ1) is 27.8. The molecule has 2 heterocycles. The predicted molar refractivity (Wildman–Crippen MR) is 233 cm³/mol. The van der Waals surface area contributed by atoms with Crippen LogP contribution in [-0.4, -0.2) is 15.9 Å². The maximum absolute atomic E-state index is 12.0. The van der Waals surface area contributed by atoms with Crippen molar-refractivity contribution in [2.45, 2.75) is 128 Å². The normalized spacial score (nSPS) is 14.4. The molecule has 0 unspecified atom stereocenters. The van der Waals surface area contributed by atoms with Crippen LogP contribution < -0.4 is 4.74 Å². The molecule has 4 nitrogen and oxygen atoms in total. The third-order valence-corrected chi connectivity index (χ3v) is 11.1. The summed E-state index contributed by atoms with van der Waals surface area (Å²) in [7, 11) is 0. The molecule has 0 saturated carbocycles. The Morgan fingerprint density at radius 1 is 0.946 bits per heavy atom. The molecule has 0 amide bonds. The Morgan fingerprint density at radius 3 is 2.21 bits per heavy atom. The third-order valence-electron chi connectivity index (χ3n) is 11.1. The minimum atomic E-state index is -2.25. The number of hydrogen-bond donors (Lipinski definition) is 1. The van der Waals surface area contributed by atoms with Gasteiger partial charge in [-0.1, -0.05) is 129 Å². The molecule has 0 fully saturated rings. The molecule has 5 heteroatoms. The Hall–Kier alpha value is -3.79. The molecule has 1 aromatic heterocycles. The van der Waals surface area contributed by atoms with Gasteiger partial charge in [0.05, 0.1) is 14.3 Å². The first-order valence-electron chi connectivity index (χ1n) is 22.5. The number of pyridine rings is 1. The van der Waals surface area contributed by atoms with Crippen LogP contribution in [0.5, 0.6) is 11.5 Å². The van der Waals surface area contributed by atoms with Crippen molar-refractivity contribution in [1.82, 2.24) is 4.98 Å². The van der Waals surface area contributed by atoms with Crippen molar-refractivity contribution in [3.8, 4) is 33.9 Å². The molecule has 6 rings (SSSR count). The van der Waals surface area contributed by atoms with Gasteiger partial charge < -0.3 is 9.84 Å². The van der Waals surface area contributed by atoms with Crippen LogP contribution in [0.15, 0.2) is 72.6 Å². The van der Waals surface area contributed by atoms with E-state index in [1.165, 1.54) is 11.6 Å². The van der Waals surface area contributed by atoms with Gasteiger partial charge in [0.1, 0.15) is 5.75 Å². The molecule has 1 N–H and O–H groups in total. The summed E-state index contributed by atoms with van der Waals surface area (Å²) in [5.41, 5.74) is 6.44. The number of aryl methyl sites for hydroxylation is 2. The maximum Gasteiger partial charge on any atom is 0.164 e. The van der Waals surface area contributed by atoms with Gasteiger partial charge in [0.2, 0.25) is 0 Å². The van der Waals surface area contributed by atoms with Crippen molar-refractivity contribution in [1.29, 1.82) is 0 Å². The third kappa shape index (κ3) is 10.0. The molecular formula is C51H64IrNO3-. The largest absolute Gasteiger partial charge is 0.512 e. The van der Waals surface area contributed by atoms with Crippen molar-refractivity contribution >= 4 is 27.3 Å². The van der Waals surface area contributed by atoms with E-state index < -0.39 is 6.85 Å². The van der Waals surface area contributed by atoms with Gasteiger partial charge in [-0.25, -0.2) is 0 Å². The minimum absolute atomic E-state index is 0. The summed E-state index contributed by atoms with van der Waals surface area (Å²) in [6.45, 7) is 23.0. The molecule has 0 spiro atoms. The summed E-state index contributed by atoms with van der Waals surface area (Å²) in [6.07, 6.45) is 6.32. The summed E-state index contributed by atoms with van der Waals surface area (Å²) in [5.74, 6) is 1.60. The summed E-state index contributed by atoms with van der Waals surface area (Å²) < 4.78 is 48.3. The number of nitrogens with zero attached hydrogens (tertiary/aromatic N) is 1. The number of ketones is 1. The van der Waals surface area contributed by atoms with Crippen LogP contribution in [0.25, 0.3) is 43.9 Å². The number of allylic oxidation sites excluding steroid dienone is 2. The fourth-order valence-corrected chi connectivity index (χ4v) is 7.54. The van der Waals surface area contributed by atoms with E-state index in [-0.39, 0.29) is 71.6 Å². The van der Waals surface area contributed by atoms with Crippen LogP contribution in [0, 0.1) is 42.0 Å². The molecular weight excluding hydrogens is 867 g/mol. The zero-order chi connectivity index (χ0) is 44.7. The van der Waals surface area contributed by atoms with Crippen molar-refractivity contribution in [2.24, 2.45) is 22.2 Å². The van der Waals surface area contributed by atoms with E-state index >= 15 is 0 Å². The molecule has 5 aromatic rings. The molecule has 0 atom stereocenters. The van der Waals surface area contributed by atoms with Gasteiger partial charge in [0, 0.05) is 58.9 Å². The average molecular weight is 936 g/mol. The van der Waals surface area contributed by atoms with E-state index in [0.717, 1.165) is 65.1 Å². The first kappa shape index (κ1) is 37.8. The molecule has 0 bridgehead atoms. The number of aromatic nitrogens is 1. The van der Waals surface area contributed by atoms with E-state index in [2.05, 4.69) is 77.7 Å². The Bertz CT molecular complexity index is 2450. The molecule has 0 saturated heterocycles. The van der Waals surface area contributed by atoms with Gasteiger partial charge in [-0.3, -0.25) is 9.78 Å². The Balaban J connectivity index is 0.000000412. The number of benzene rings is 4. The number of hydrogen-bond acceptors (Lipinski definition) is 4. The second-order valence-electron chi connectivity index (χ2n) is 18.1. The van der Waals surface area contributed by atoms with Gasteiger partial charge in [0.25, 0.3) is 0 Å². The molecule has 301 valence electrons. The Labute approximate surface area is 357 Å². The number of rotatable bonds is 10. The summed E-state index contributed by atoms with van der Waals surface area (Å²) in [4.78, 5) is 16.7. The van der Waals surface area contributed by atoms with Crippen LogP contribution >= 0.6 is 0 Å². The molecule has 1 aliphatic rings. The van der Waals surface area contributed by atoms with Crippen LogP contribution in [0.4, 0.5) is 0 Å². The van der Waals surface area contributed by atoms with E-state index in [0.29, 0.717) is 39.9 Å². The maximum atomic E-state index is 12.0. The topological polar surface area (TPSA) is 59.4 Å². The van der Waals surface area contributed by atoms with Crippen LogP contribution in [0.1, 0.15) is 131 Å². The summed E-state index contributed by atoms with van der Waals surface area (Å²) in [5, 5.41) is 12.7. The number of ether oxygens (including phenoxy) is 1. The van der Waals surface area contributed by atoms with Gasteiger partial charge in [-0.15, -0.1) is 17.5 Å². The van der Waals surface area contributed by atoms with Crippen LogP contribution in [0.2, 0.25) is 0 Å². The quantitative estimate of drug-likeness (QED) is 0.0845. The molecule has 1 radical (unpaired) electrons. The second-order valence-corrected chi connectivity index (χ2v) is 18.1. The number of aliphatic hydroxyl groups excluding tert-OH is 1. The Kier molecular flexibility index (Phi) is 12.0. The fourth-order valence-electron chi connectivity index (χ4n) is 7.54. The standard InChI is InChI=1S/C37H38NO.C14H26O2.Ir/c1-22-9-11-25-18-30-34-33-26(13-14-38-34)17-27(28-12-10-24(16-23(28)2)20-36(3,4)5)19-32(33)39-35(30)31(29(25)15-22)21-37(6,7)8;1-6-11(7-2)12(15)10-13(16)14(5,8-3)9-4;/h9-17,19H,20-21H2,1-8H3;10-11,15H,6-9H2,1-5H3;/q-1;;/b;12-10-;/i1D3,13D,14D;;. The first-order valence-corrected chi connectivity index (χ1v) is 20.0. The van der Waals surface area contributed by atoms with Crippen molar-refractivity contribution in [3.63, 3.8) is 0 Å². The average Bonchev–Trinajstić information content (AvgIpc) is 3.15. The van der Waals surface area contributed by atoms with Gasteiger partial charge in [-0.05, 0) is 109 Å². The predicted octanol–water partition coefficient (Wildman–Crippen LogP) is 14.7. The zero-order valence-electron chi connectivity index (χ0n) is 40.6. The molecule has 1 aliphatic heterocycles. The Morgan fingerprint density at radius 2 is 1.62 bits per heavy atom. The minimum Gasteiger partial charge on any atom is -0.512 e. The van der Waals surface area contributed by atoms with Gasteiger partial charge >= 0.3 is 0 Å². The fraction of sp³-hybridized carbons (Fsp3) is 0.451. The van der Waals surface area contributed by atoms with Crippen molar-refractivity contribution in [2.75, 3.05) is 0 Å². The number of fused-ring (bicyclic) bond motifs is 3. The molecule has 4 aromatic carbocycles. The van der Waals surface area contributed by atoms with Crippen molar-refractivity contribution < 1.29 is 41.6 Å². The second kappa shape index (κ2) is 17.8. The van der Waals surface area contributed by atoms with E-state index in [1.807, 2.05) is 46.8 Å². The molecule has 56 heavy (non-hydrogen) atoms. The number of carbonyl (C=O) groups is 1. The van der Waals surface area contributed by atoms with Gasteiger partial charge in [-0.2, -0.15) is 0 Å². The monoisotopic (exact) mass is 936 g/mol. The number of carbonyl (C=O) groups excluding carboxylic acids is 1. The number of aliphatic hydroxyl groups is 1. The van der Waals surface area contributed by atoms with E-state index in [1.54, 1.807) is 18.2 Å². The zero-order valence-corrected chi connectivity index (χ0v) is 38.0. The summed E-state index contributed by atoms with van der Waals surface area (Å²) in [6, 6.07) is 19.2.